The van der Waals surface area contributed by atoms with E-state index >= 15 is 0 Å². The molecule has 0 atom stereocenters. The van der Waals surface area contributed by atoms with E-state index in [4.69, 9.17) is 0 Å². The lowest BCUT2D eigenvalue weighted by atomic mass is 10.2. The van der Waals surface area contributed by atoms with Gasteiger partial charge in [-0.3, -0.25) is 0 Å². The maximum Gasteiger partial charge on any atom is 0.243 e. The van der Waals surface area contributed by atoms with Gasteiger partial charge in [0.2, 0.25) is 10.0 Å². The van der Waals surface area contributed by atoms with Gasteiger partial charge < -0.3 is 0 Å². The van der Waals surface area contributed by atoms with Crippen molar-refractivity contribution in [2.24, 2.45) is 0 Å². The Balaban J connectivity index is 2.24. The Kier molecular flexibility index (Phi) is 5.37. The highest BCUT2D eigenvalue weighted by Gasteiger charge is 2.25. The maximum absolute atomic E-state index is 12.8. The molecule has 0 aliphatic heterocycles. The normalized spacial score (nSPS) is 15.2. The zero-order valence-corrected chi connectivity index (χ0v) is 13.4. The van der Waals surface area contributed by atoms with Crippen molar-refractivity contribution in [1.82, 2.24) is 4.31 Å². The number of sulfonamides is 1. The standard InChI is InChI=1S/C17H23NO2S/c1-3-4-13-18(14-16-7-5-6-8-16)21(19,20)17-11-9-15(2)10-12-17/h3,7,9-12H,1,4-6,8,13-14H2,2H3. The van der Waals surface area contributed by atoms with Crippen LogP contribution in [-0.2, 0) is 10.0 Å². The number of nitrogens with zero attached hydrogens (tertiary/aromatic N) is 1. The molecular weight excluding hydrogens is 282 g/mol. The summed E-state index contributed by atoms with van der Waals surface area (Å²) in [5.74, 6) is 0. The zero-order valence-electron chi connectivity index (χ0n) is 12.6. The molecule has 0 amide bonds. The van der Waals surface area contributed by atoms with Crippen LogP contribution >= 0.6 is 0 Å². The molecular formula is C17H23NO2S. The summed E-state index contributed by atoms with van der Waals surface area (Å²) < 4.78 is 27.2. The first-order valence-corrected chi connectivity index (χ1v) is 8.83. The summed E-state index contributed by atoms with van der Waals surface area (Å²) in [7, 11) is -3.43. The smallest absolute Gasteiger partial charge is 0.207 e. The first-order chi connectivity index (χ1) is 10.0. The first-order valence-electron chi connectivity index (χ1n) is 7.39. The molecule has 3 nitrogen and oxygen atoms in total. The van der Waals surface area contributed by atoms with Gasteiger partial charge in [-0.25, -0.2) is 8.42 Å². The molecule has 0 fully saturated rings. The van der Waals surface area contributed by atoms with Gasteiger partial charge in [0.1, 0.15) is 0 Å². The second-order valence-electron chi connectivity index (χ2n) is 5.48. The largest absolute Gasteiger partial charge is 0.243 e. The maximum atomic E-state index is 12.8. The van der Waals surface area contributed by atoms with Gasteiger partial charge in [-0.15, -0.1) is 6.58 Å². The van der Waals surface area contributed by atoms with Gasteiger partial charge in [0.25, 0.3) is 0 Å². The Morgan fingerprint density at radius 1 is 1.29 bits per heavy atom. The van der Waals surface area contributed by atoms with Gasteiger partial charge in [-0.2, -0.15) is 4.31 Å². The minimum absolute atomic E-state index is 0.371. The molecule has 0 saturated carbocycles. The van der Waals surface area contributed by atoms with E-state index in [1.807, 2.05) is 19.1 Å². The Labute approximate surface area is 128 Å². The third-order valence-electron chi connectivity index (χ3n) is 3.76. The molecule has 2 rings (SSSR count). The molecule has 1 aromatic rings. The highest BCUT2D eigenvalue weighted by molar-refractivity contribution is 7.89. The molecule has 21 heavy (non-hydrogen) atoms. The highest BCUT2D eigenvalue weighted by Crippen LogP contribution is 2.23. The summed E-state index contributed by atoms with van der Waals surface area (Å²) in [6, 6.07) is 7.06. The van der Waals surface area contributed by atoms with Crippen LogP contribution in [-0.4, -0.2) is 25.8 Å². The highest BCUT2D eigenvalue weighted by atomic mass is 32.2. The van der Waals surface area contributed by atoms with Gasteiger partial charge in [-0.1, -0.05) is 35.4 Å². The molecule has 0 bridgehead atoms. The summed E-state index contributed by atoms with van der Waals surface area (Å²) in [5.41, 5.74) is 2.29. The van der Waals surface area contributed by atoms with E-state index in [2.05, 4.69) is 12.7 Å². The van der Waals surface area contributed by atoms with Gasteiger partial charge in [0.15, 0.2) is 0 Å². The van der Waals surface area contributed by atoms with Crippen molar-refractivity contribution in [2.75, 3.05) is 13.1 Å². The first kappa shape index (κ1) is 16.0. The van der Waals surface area contributed by atoms with Crippen molar-refractivity contribution in [3.8, 4) is 0 Å². The summed E-state index contributed by atoms with van der Waals surface area (Å²) in [4.78, 5) is 0.371. The number of aryl methyl sites for hydroxylation is 1. The monoisotopic (exact) mass is 305 g/mol. The zero-order chi connectivity index (χ0) is 15.3. The fourth-order valence-electron chi connectivity index (χ4n) is 2.49. The molecule has 0 radical (unpaired) electrons. The average Bonchev–Trinajstić information content (AvgIpc) is 2.96. The fourth-order valence-corrected chi connectivity index (χ4v) is 3.95. The van der Waals surface area contributed by atoms with Crippen molar-refractivity contribution in [1.29, 1.82) is 0 Å². The Hall–Kier alpha value is -1.39. The van der Waals surface area contributed by atoms with E-state index in [-0.39, 0.29) is 0 Å². The van der Waals surface area contributed by atoms with Crippen LogP contribution in [0.3, 0.4) is 0 Å². The molecule has 114 valence electrons. The topological polar surface area (TPSA) is 37.4 Å². The lowest BCUT2D eigenvalue weighted by Gasteiger charge is -2.22. The van der Waals surface area contributed by atoms with Crippen LogP contribution in [0.15, 0.2) is 53.5 Å². The minimum Gasteiger partial charge on any atom is -0.207 e. The van der Waals surface area contributed by atoms with Crippen LogP contribution in [0, 0.1) is 6.92 Å². The summed E-state index contributed by atoms with van der Waals surface area (Å²) in [6.07, 6.45) is 7.81. The summed E-state index contributed by atoms with van der Waals surface area (Å²) in [6.45, 7) is 6.64. The number of hydrogen-bond acceptors (Lipinski definition) is 2. The third kappa shape index (κ3) is 4.05. The molecule has 4 heteroatoms. The Morgan fingerprint density at radius 3 is 2.57 bits per heavy atom. The average molecular weight is 305 g/mol. The second kappa shape index (κ2) is 7.05. The Bertz CT molecular complexity index is 615. The molecule has 1 aromatic carbocycles. The second-order valence-corrected chi connectivity index (χ2v) is 7.42. The molecule has 0 aromatic heterocycles. The molecule has 0 heterocycles. The van der Waals surface area contributed by atoms with Crippen molar-refractivity contribution in [2.45, 2.75) is 37.5 Å². The number of hydrogen-bond donors (Lipinski definition) is 0. The van der Waals surface area contributed by atoms with Crippen molar-refractivity contribution in [3.63, 3.8) is 0 Å². The number of allylic oxidation sites excluding steroid dienone is 1. The molecule has 0 N–H and O–H groups in total. The van der Waals surface area contributed by atoms with E-state index in [0.29, 0.717) is 24.4 Å². The van der Waals surface area contributed by atoms with Crippen molar-refractivity contribution < 1.29 is 8.42 Å². The Morgan fingerprint density at radius 2 is 2.00 bits per heavy atom. The van der Waals surface area contributed by atoms with E-state index in [0.717, 1.165) is 24.8 Å². The number of benzene rings is 1. The predicted octanol–water partition coefficient (Wildman–Crippen LogP) is 3.67. The van der Waals surface area contributed by atoms with E-state index in [1.165, 1.54) is 5.57 Å². The summed E-state index contributed by atoms with van der Waals surface area (Å²) in [5, 5.41) is 0. The lowest BCUT2D eigenvalue weighted by Crippen LogP contribution is -2.33. The van der Waals surface area contributed by atoms with Crippen LogP contribution in [0.4, 0.5) is 0 Å². The predicted molar refractivity (Wildman–Crippen MR) is 86.7 cm³/mol. The molecule has 0 unspecified atom stereocenters. The van der Waals surface area contributed by atoms with E-state index in [9.17, 15) is 8.42 Å². The molecule has 0 spiro atoms. The summed E-state index contributed by atoms with van der Waals surface area (Å²) >= 11 is 0. The van der Waals surface area contributed by atoms with Gasteiger partial charge in [-0.05, 0) is 44.7 Å². The van der Waals surface area contributed by atoms with Crippen LogP contribution in [0.2, 0.25) is 0 Å². The third-order valence-corrected chi connectivity index (χ3v) is 5.62. The SMILES string of the molecule is C=CCCN(CC1=CCCC1)S(=O)(=O)c1ccc(C)cc1. The van der Waals surface area contributed by atoms with Crippen molar-refractivity contribution >= 4 is 10.0 Å². The van der Waals surface area contributed by atoms with Gasteiger partial charge in [0.05, 0.1) is 4.90 Å². The van der Waals surface area contributed by atoms with Gasteiger partial charge in [0, 0.05) is 13.1 Å². The van der Waals surface area contributed by atoms with E-state index in [1.54, 1.807) is 22.5 Å². The minimum atomic E-state index is -3.43. The lowest BCUT2D eigenvalue weighted by molar-refractivity contribution is 0.438. The number of rotatable bonds is 7. The molecule has 1 aliphatic carbocycles. The quantitative estimate of drug-likeness (QED) is 0.721. The van der Waals surface area contributed by atoms with Crippen LogP contribution < -0.4 is 0 Å². The van der Waals surface area contributed by atoms with Gasteiger partial charge >= 0.3 is 0 Å². The van der Waals surface area contributed by atoms with Crippen LogP contribution in [0.25, 0.3) is 0 Å². The molecule has 1 aliphatic rings. The fraction of sp³-hybridized carbons (Fsp3) is 0.412. The molecule has 0 saturated heterocycles. The van der Waals surface area contributed by atoms with Crippen molar-refractivity contribution in [3.05, 3.63) is 54.1 Å². The van der Waals surface area contributed by atoms with Crippen LogP contribution in [0.1, 0.15) is 31.2 Å². The van der Waals surface area contributed by atoms with E-state index < -0.39 is 10.0 Å². The van der Waals surface area contributed by atoms with Crippen LogP contribution in [0.5, 0.6) is 0 Å².